The third-order valence-corrected chi connectivity index (χ3v) is 7.27. The van der Waals surface area contributed by atoms with Crippen LogP contribution in [0, 0.1) is 0 Å². The van der Waals surface area contributed by atoms with Crippen molar-refractivity contribution in [3.05, 3.63) is 0 Å². The van der Waals surface area contributed by atoms with E-state index in [1.165, 1.54) is 0 Å². The third kappa shape index (κ3) is 2.84. The highest BCUT2D eigenvalue weighted by Gasteiger charge is 2.56. The van der Waals surface area contributed by atoms with E-state index in [4.69, 9.17) is 20.9 Å². The molecular weight excluding hydrogens is 238 g/mol. The van der Waals surface area contributed by atoms with Crippen LogP contribution in [0.3, 0.4) is 0 Å². The van der Waals surface area contributed by atoms with Crippen LogP contribution in [0.1, 0.15) is 34.1 Å². The normalized spacial score (nSPS) is 23.8. The zero-order valence-corrected chi connectivity index (χ0v) is 13.1. The average molecular weight is 263 g/mol. The van der Waals surface area contributed by atoms with E-state index in [-0.39, 0.29) is 17.9 Å². The third-order valence-electron chi connectivity index (χ3n) is 3.85. The molecule has 0 unspecified atom stereocenters. The molecule has 0 bridgehead atoms. The Morgan fingerprint density at radius 1 is 1.06 bits per heavy atom. The molecule has 2 nitrogen and oxygen atoms in total. The van der Waals surface area contributed by atoms with Gasteiger partial charge < -0.3 is 9.31 Å². The van der Waals surface area contributed by atoms with Gasteiger partial charge in [0.2, 0.25) is 0 Å². The summed E-state index contributed by atoms with van der Waals surface area (Å²) in [4.78, 5) is 0. The lowest BCUT2D eigenvalue weighted by Crippen LogP contribution is -2.48. The topological polar surface area (TPSA) is 18.5 Å². The first kappa shape index (κ1) is 14.6. The minimum absolute atomic E-state index is 0.000664. The molecule has 94 valence electrons. The lowest BCUT2D eigenvalue weighted by atomic mass is 9.90. The van der Waals surface area contributed by atoms with Crippen molar-refractivity contribution in [2.75, 3.05) is 5.88 Å². The molecule has 0 radical (unpaired) electrons. The smallest absolute Gasteiger partial charge is 0.406 e. The molecule has 0 atom stereocenters. The molecule has 1 fully saturated rings. The van der Waals surface area contributed by atoms with Crippen LogP contribution < -0.4 is 0 Å². The Morgan fingerprint density at radius 3 is 1.88 bits per heavy atom. The standard InChI is InChI=1S/C11H24BClO2Si/c1-10(2)11(3,4)15-12(14-10)16(5,6)9-7-8-13/h7-9H2,1-6H3. The Balaban J connectivity index is 2.71. The van der Waals surface area contributed by atoms with E-state index in [1.54, 1.807) is 0 Å². The van der Waals surface area contributed by atoms with Crippen LogP contribution in [0.2, 0.25) is 19.1 Å². The molecule has 0 aliphatic carbocycles. The summed E-state index contributed by atoms with van der Waals surface area (Å²) < 4.78 is 12.2. The second-order valence-electron chi connectivity index (χ2n) is 6.37. The van der Waals surface area contributed by atoms with Gasteiger partial charge >= 0.3 is 6.71 Å². The molecule has 1 aliphatic heterocycles. The molecule has 1 saturated heterocycles. The Bertz CT molecular complexity index is 240. The summed E-state index contributed by atoms with van der Waals surface area (Å²) in [6.45, 7) is 13.1. The molecule has 1 aliphatic rings. The molecule has 1 rings (SSSR count). The van der Waals surface area contributed by atoms with Gasteiger partial charge in [-0.25, -0.2) is 0 Å². The van der Waals surface area contributed by atoms with Gasteiger partial charge in [-0.1, -0.05) is 19.1 Å². The van der Waals surface area contributed by atoms with Gasteiger partial charge in [-0.3, -0.25) is 0 Å². The zero-order chi connectivity index (χ0) is 12.6. The van der Waals surface area contributed by atoms with E-state index in [2.05, 4.69) is 40.8 Å². The fourth-order valence-corrected chi connectivity index (χ4v) is 4.71. The summed E-state index contributed by atoms with van der Waals surface area (Å²) in [5.74, 6) is 0.732. The molecule has 16 heavy (non-hydrogen) atoms. The van der Waals surface area contributed by atoms with Crippen LogP contribution in [-0.4, -0.2) is 31.7 Å². The summed E-state index contributed by atoms with van der Waals surface area (Å²) in [7, 11) is -1.50. The molecule has 0 aromatic carbocycles. The molecule has 1 heterocycles. The van der Waals surface area contributed by atoms with E-state index in [0.29, 0.717) is 0 Å². The lowest BCUT2D eigenvalue weighted by Gasteiger charge is -2.32. The molecule has 0 spiro atoms. The highest BCUT2D eigenvalue weighted by Crippen LogP contribution is 2.40. The van der Waals surface area contributed by atoms with E-state index in [9.17, 15) is 0 Å². The number of hydrogen-bond donors (Lipinski definition) is 0. The summed E-state index contributed by atoms with van der Waals surface area (Å²) in [5.41, 5.74) is -0.411. The first-order valence-electron chi connectivity index (χ1n) is 6.04. The van der Waals surface area contributed by atoms with Gasteiger partial charge in [0.25, 0.3) is 0 Å². The maximum atomic E-state index is 6.12. The second kappa shape index (κ2) is 4.64. The van der Waals surface area contributed by atoms with Crippen molar-refractivity contribution >= 4 is 26.3 Å². The van der Waals surface area contributed by atoms with E-state index in [0.717, 1.165) is 18.3 Å². The summed E-state index contributed by atoms with van der Waals surface area (Å²) in [6, 6.07) is 1.16. The Kier molecular flexibility index (Phi) is 4.22. The molecule has 0 amide bonds. The highest BCUT2D eigenvalue weighted by molar-refractivity contribution is 7.27. The predicted molar refractivity (Wildman–Crippen MR) is 73.7 cm³/mol. The van der Waals surface area contributed by atoms with Crippen LogP contribution >= 0.6 is 11.6 Å². The zero-order valence-electron chi connectivity index (χ0n) is 11.4. The molecule has 0 aromatic rings. The Labute approximate surface area is 106 Å². The number of hydrogen-bond acceptors (Lipinski definition) is 2. The first-order chi connectivity index (χ1) is 7.12. The maximum absolute atomic E-state index is 6.12. The number of alkyl halides is 1. The van der Waals surface area contributed by atoms with Crippen molar-refractivity contribution in [3.63, 3.8) is 0 Å². The van der Waals surface area contributed by atoms with Crippen LogP contribution in [0.15, 0.2) is 0 Å². The van der Waals surface area contributed by atoms with Crippen molar-refractivity contribution in [2.45, 2.75) is 64.5 Å². The van der Waals surface area contributed by atoms with E-state index in [1.807, 2.05) is 0 Å². The van der Waals surface area contributed by atoms with Crippen LogP contribution in [0.4, 0.5) is 0 Å². The van der Waals surface area contributed by atoms with E-state index < -0.39 is 7.94 Å². The molecule has 0 N–H and O–H groups in total. The van der Waals surface area contributed by atoms with Crippen molar-refractivity contribution in [2.24, 2.45) is 0 Å². The Morgan fingerprint density at radius 2 is 1.50 bits per heavy atom. The lowest BCUT2D eigenvalue weighted by molar-refractivity contribution is 0.00578. The quantitative estimate of drug-likeness (QED) is 0.570. The molecule has 0 saturated carbocycles. The van der Waals surface area contributed by atoms with Crippen molar-refractivity contribution in [1.29, 1.82) is 0 Å². The minimum Gasteiger partial charge on any atom is -0.406 e. The first-order valence-corrected chi connectivity index (χ1v) is 9.86. The SMILES string of the molecule is CC1(C)OB([Si](C)(C)CCCCl)OC1(C)C. The van der Waals surface area contributed by atoms with E-state index >= 15 is 0 Å². The van der Waals surface area contributed by atoms with Gasteiger partial charge in [0, 0.05) is 5.88 Å². The fraction of sp³-hybridized carbons (Fsp3) is 1.00. The molecule has 5 heteroatoms. The van der Waals surface area contributed by atoms with Crippen LogP contribution in [0.25, 0.3) is 0 Å². The van der Waals surface area contributed by atoms with Gasteiger partial charge in [0.15, 0.2) is 0 Å². The minimum atomic E-state index is -1.50. The highest BCUT2D eigenvalue weighted by atomic mass is 35.5. The van der Waals surface area contributed by atoms with Gasteiger partial charge in [-0.15, -0.1) is 11.6 Å². The van der Waals surface area contributed by atoms with Crippen LogP contribution in [-0.2, 0) is 9.31 Å². The van der Waals surface area contributed by atoms with Gasteiger partial charge in [-0.2, -0.15) is 0 Å². The molecule has 0 aromatic heterocycles. The summed E-state index contributed by atoms with van der Waals surface area (Å²) in [5, 5.41) is 0. The number of rotatable bonds is 4. The van der Waals surface area contributed by atoms with Crippen molar-refractivity contribution in [3.8, 4) is 0 Å². The van der Waals surface area contributed by atoms with Gasteiger partial charge in [0.05, 0.1) is 19.1 Å². The maximum Gasteiger partial charge on any atom is 0.433 e. The van der Waals surface area contributed by atoms with Crippen molar-refractivity contribution in [1.82, 2.24) is 0 Å². The van der Waals surface area contributed by atoms with Crippen molar-refractivity contribution < 1.29 is 9.31 Å². The molecular formula is C11H24BClO2Si. The average Bonchev–Trinajstić information content (AvgIpc) is 2.34. The summed E-state index contributed by atoms with van der Waals surface area (Å²) >= 11 is 5.77. The second-order valence-corrected chi connectivity index (χ2v) is 11.7. The fourth-order valence-electron chi connectivity index (χ4n) is 1.80. The predicted octanol–water partition coefficient (Wildman–Crippen LogP) is 3.49. The summed E-state index contributed by atoms with van der Waals surface area (Å²) in [6.07, 6.45) is 1.06. The monoisotopic (exact) mass is 262 g/mol. The largest absolute Gasteiger partial charge is 0.433 e. The van der Waals surface area contributed by atoms with Gasteiger partial charge in [0.1, 0.15) is 0 Å². The van der Waals surface area contributed by atoms with Crippen LogP contribution in [0.5, 0.6) is 0 Å². The van der Waals surface area contributed by atoms with Gasteiger partial charge in [-0.05, 0) is 34.1 Å². The Hall–Kier alpha value is 0.492. The number of halogens is 1.